The molecule has 0 bridgehead atoms. The van der Waals surface area contributed by atoms with Crippen molar-refractivity contribution in [1.29, 1.82) is 0 Å². The van der Waals surface area contributed by atoms with E-state index in [4.69, 9.17) is 0 Å². The summed E-state index contributed by atoms with van der Waals surface area (Å²) in [5.41, 5.74) is 1.78. The van der Waals surface area contributed by atoms with Crippen molar-refractivity contribution < 1.29 is 22.8 Å². The van der Waals surface area contributed by atoms with Crippen molar-refractivity contribution >= 4 is 28.0 Å². The van der Waals surface area contributed by atoms with E-state index in [9.17, 15) is 22.8 Å². The summed E-state index contributed by atoms with van der Waals surface area (Å²) in [6.07, 6.45) is 5.93. The van der Waals surface area contributed by atoms with Crippen LogP contribution in [0.4, 0.5) is 9.59 Å². The molecule has 1 aromatic carbocycles. The SMILES string of the molecule is CCCCCCNC(=O)NS(=O)(=O)c1ccc(CCNC(=O)N2Cc3ncccc3C2=O)cc1. The number of rotatable bonds is 10. The number of pyridine rings is 1. The van der Waals surface area contributed by atoms with E-state index < -0.39 is 22.1 Å². The summed E-state index contributed by atoms with van der Waals surface area (Å²) in [5.74, 6) is -0.382. The van der Waals surface area contributed by atoms with E-state index in [0.29, 0.717) is 24.2 Å². The average molecular weight is 488 g/mol. The van der Waals surface area contributed by atoms with Crippen LogP contribution in [-0.2, 0) is 23.0 Å². The summed E-state index contributed by atoms with van der Waals surface area (Å²) >= 11 is 0. The first kappa shape index (κ1) is 25.2. The normalized spacial score (nSPS) is 12.9. The number of unbranched alkanes of at least 4 members (excludes halogenated alkanes) is 3. The third-order valence-corrected chi connectivity index (χ3v) is 6.73. The predicted molar refractivity (Wildman–Crippen MR) is 126 cm³/mol. The van der Waals surface area contributed by atoms with Crippen molar-refractivity contribution in [3.05, 3.63) is 59.4 Å². The highest BCUT2D eigenvalue weighted by Gasteiger charge is 2.32. The molecule has 0 unspecified atom stereocenters. The smallest absolute Gasteiger partial charge is 0.328 e. The Kier molecular flexibility index (Phi) is 8.58. The highest BCUT2D eigenvalue weighted by molar-refractivity contribution is 7.90. The van der Waals surface area contributed by atoms with Crippen LogP contribution >= 0.6 is 0 Å². The molecule has 0 saturated carbocycles. The zero-order valence-electron chi connectivity index (χ0n) is 19.0. The topological polar surface area (TPSA) is 138 Å². The number of nitrogens with zero attached hydrogens (tertiary/aromatic N) is 2. The number of sulfonamides is 1. The number of imide groups is 1. The fourth-order valence-corrected chi connectivity index (χ4v) is 4.43. The van der Waals surface area contributed by atoms with Gasteiger partial charge in [-0.05, 0) is 42.7 Å². The molecule has 10 nitrogen and oxygen atoms in total. The molecule has 0 radical (unpaired) electrons. The second-order valence-electron chi connectivity index (χ2n) is 7.94. The molecule has 0 aliphatic carbocycles. The summed E-state index contributed by atoms with van der Waals surface area (Å²) in [6.45, 7) is 2.89. The Morgan fingerprint density at radius 1 is 1.03 bits per heavy atom. The molecular formula is C23H29N5O5S. The molecule has 3 rings (SSSR count). The van der Waals surface area contributed by atoms with E-state index in [0.717, 1.165) is 36.1 Å². The highest BCUT2D eigenvalue weighted by Crippen LogP contribution is 2.20. The van der Waals surface area contributed by atoms with Crippen molar-refractivity contribution in [3.63, 3.8) is 0 Å². The van der Waals surface area contributed by atoms with Crippen molar-refractivity contribution in [1.82, 2.24) is 25.2 Å². The third kappa shape index (κ3) is 6.53. The van der Waals surface area contributed by atoms with Gasteiger partial charge in [-0.1, -0.05) is 38.3 Å². The number of hydrogen-bond acceptors (Lipinski definition) is 6. The van der Waals surface area contributed by atoms with Crippen molar-refractivity contribution in [2.75, 3.05) is 13.1 Å². The lowest BCUT2D eigenvalue weighted by Gasteiger charge is -2.14. The summed E-state index contributed by atoms with van der Waals surface area (Å²) in [4.78, 5) is 41.7. The van der Waals surface area contributed by atoms with Gasteiger partial charge in [0.2, 0.25) is 0 Å². The number of hydrogen-bond donors (Lipinski definition) is 3. The average Bonchev–Trinajstić information content (AvgIpc) is 3.16. The molecule has 3 N–H and O–H groups in total. The summed E-state index contributed by atoms with van der Waals surface area (Å²) < 4.78 is 26.8. The Hall–Kier alpha value is -3.47. The van der Waals surface area contributed by atoms with Gasteiger partial charge in [-0.2, -0.15) is 0 Å². The van der Waals surface area contributed by atoms with Crippen LogP contribution in [0.1, 0.15) is 54.2 Å². The fraction of sp³-hybridized carbons (Fsp3) is 0.391. The van der Waals surface area contributed by atoms with Gasteiger partial charge in [0.05, 0.1) is 22.7 Å². The lowest BCUT2D eigenvalue weighted by atomic mass is 10.1. The largest absolute Gasteiger partial charge is 0.337 e. The second-order valence-corrected chi connectivity index (χ2v) is 9.62. The van der Waals surface area contributed by atoms with Crippen LogP contribution in [0.25, 0.3) is 0 Å². The van der Waals surface area contributed by atoms with E-state index in [1.54, 1.807) is 30.5 Å². The summed E-state index contributed by atoms with van der Waals surface area (Å²) in [5, 5.41) is 5.24. The number of urea groups is 2. The molecule has 1 aromatic heterocycles. The molecule has 34 heavy (non-hydrogen) atoms. The Bertz CT molecular complexity index is 1130. The minimum Gasteiger partial charge on any atom is -0.337 e. The molecule has 2 heterocycles. The van der Waals surface area contributed by atoms with Gasteiger partial charge in [-0.25, -0.2) is 22.7 Å². The lowest BCUT2D eigenvalue weighted by molar-refractivity contribution is 0.0820. The first-order valence-corrected chi connectivity index (χ1v) is 12.7. The van der Waals surface area contributed by atoms with Gasteiger partial charge in [-0.3, -0.25) is 14.7 Å². The van der Waals surface area contributed by atoms with Gasteiger partial charge in [-0.15, -0.1) is 0 Å². The Morgan fingerprint density at radius 3 is 2.50 bits per heavy atom. The van der Waals surface area contributed by atoms with E-state index in [1.165, 1.54) is 12.1 Å². The molecule has 0 fully saturated rings. The van der Waals surface area contributed by atoms with E-state index in [2.05, 4.69) is 22.5 Å². The first-order valence-electron chi connectivity index (χ1n) is 11.2. The molecular weight excluding hydrogens is 458 g/mol. The van der Waals surface area contributed by atoms with Gasteiger partial charge in [0.15, 0.2) is 0 Å². The molecule has 1 aliphatic heterocycles. The number of fused-ring (bicyclic) bond motifs is 1. The summed E-state index contributed by atoms with van der Waals surface area (Å²) in [7, 11) is -3.98. The van der Waals surface area contributed by atoms with Gasteiger partial charge in [0.1, 0.15) is 0 Å². The first-order chi connectivity index (χ1) is 16.3. The lowest BCUT2D eigenvalue weighted by Crippen LogP contribution is -2.40. The molecule has 2 aromatic rings. The summed E-state index contributed by atoms with van der Waals surface area (Å²) in [6, 6.07) is 8.07. The van der Waals surface area contributed by atoms with Gasteiger partial charge < -0.3 is 10.6 Å². The van der Waals surface area contributed by atoms with Crippen LogP contribution in [0.15, 0.2) is 47.5 Å². The minimum absolute atomic E-state index is 0.0330. The van der Waals surface area contributed by atoms with E-state index in [-0.39, 0.29) is 23.9 Å². The monoisotopic (exact) mass is 487 g/mol. The fourth-order valence-electron chi connectivity index (χ4n) is 3.50. The van der Waals surface area contributed by atoms with Crippen LogP contribution in [0.3, 0.4) is 0 Å². The minimum atomic E-state index is -3.98. The van der Waals surface area contributed by atoms with Crippen LogP contribution in [0, 0.1) is 0 Å². The van der Waals surface area contributed by atoms with Crippen LogP contribution in [-0.4, -0.2) is 49.4 Å². The zero-order valence-corrected chi connectivity index (χ0v) is 19.9. The molecule has 0 spiro atoms. The molecule has 0 atom stereocenters. The van der Waals surface area contributed by atoms with Crippen molar-refractivity contribution in [2.24, 2.45) is 0 Å². The van der Waals surface area contributed by atoms with Crippen molar-refractivity contribution in [2.45, 2.75) is 50.5 Å². The van der Waals surface area contributed by atoms with E-state index in [1.807, 2.05) is 4.72 Å². The number of amides is 5. The number of carbonyl (C=O) groups excluding carboxylic acids is 3. The van der Waals surface area contributed by atoms with Crippen LogP contribution in [0.5, 0.6) is 0 Å². The van der Waals surface area contributed by atoms with Crippen LogP contribution < -0.4 is 15.4 Å². The molecule has 0 saturated heterocycles. The number of aromatic nitrogens is 1. The maximum atomic E-state index is 12.4. The standard InChI is InChI=1S/C23H29N5O5S/c1-2-3-4-5-13-25-22(30)27-34(32,33)18-10-8-17(9-11-18)12-15-26-23(31)28-16-20-19(21(28)29)7-6-14-24-20/h6-11,14H,2-5,12-13,15-16H2,1H3,(H,26,31)(H2,25,27,30). The Labute approximate surface area is 199 Å². The zero-order chi connectivity index (χ0) is 24.6. The Balaban J connectivity index is 1.44. The van der Waals surface area contributed by atoms with E-state index >= 15 is 0 Å². The molecule has 11 heteroatoms. The number of benzene rings is 1. The number of nitrogens with one attached hydrogen (secondary N) is 3. The quantitative estimate of drug-likeness (QED) is 0.441. The molecule has 5 amide bonds. The highest BCUT2D eigenvalue weighted by atomic mass is 32.2. The molecule has 1 aliphatic rings. The maximum Gasteiger partial charge on any atom is 0.328 e. The van der Waals surface area contributed by atoms with Gasteiger partial charge in [0.25, 0.3) is 15.9 Å². The maximum absolute atomic E-state index is 12.4. The van der Waals surface area contributed by atoms with Crippen LogP contribution in [0.2, 0.25) is 0 Å². The third-order valence-electron chi connectivity index (χ3n) is 5.39. The number of carbonyl (C=O) groups is 3. The molecule has 182 valence electrons. The van der Waals surface area contributed by atoms with Gasteiger partial charge >= 0.3 is 12.1 Å². The van der Waals surface area contributed by atoms with Gasteiger partial charge in [0, 0.05) is 19.3 Å². The Morgan fingerprint density at radius 2 is 1.79 bits per heavy atom. The predicted octanol–water partition coefficient (Wildman–Crippen LogP) is 2.56. The van der Waals surface area contributed by atoms with Crippen molar-refractivity contribution in [3.8, 4) is 0 Å². The second kappa shape index (κ2) is 11.6.